The summed E-state index contributed by atoms with van der Waals surface area (Å²) in [4.78, 5) is 38.2. The Kier molecular flexibility index (Phi) is 8.67. The number of aromatic nitrogens is 2. The van der Waals surface area contributed by atoms with Crippen molar-refractivity contribution in [3.63, 3.8) is 0 Å². The molecule has 0 spiro atoms. The molecule has 1 aliphatic heterocycles. The average Bonchev–Trinajstić information content (AvgIpc) is 3.57. The van der Waals surface area contributed by atoms with Crippen LogP contribution < -0.4 is 5.32 Å². The predicted octanol–water partition coefficient (Wildman–Crippen LogP) is 4.08. The lowest BCUT2D eigenvalue weighted by atomic mass is 9.80. The Labute approximate surface area is 212 Å². The summed E-state index contributed by atoms with van der Waals surface area (Å²) in [5.41, 5.74) is 4.06. The third-order valence-corrected chi connectivity index (χ3v) is 7.81. The Balaban J connectivity index is 1.34. The summed E-state index contributed by atoms with van der Waals surface area (Å²) in [6.45, 7) is 3.19. The van der Waals surface area contributed by atoms with Gasteiger partial charge in [0.2, 0.25) is 0 Å². The molecule has 2 N–H and O–H groups in total. The van der Waals surface area contributed by atoms with Crippen molar-refractivity contribution >= 4 is 34.9 Å². The van der Waals surface area contributed by atoms with Crippen LogP contribution in [0.4, 0.5) is 9.59 Å². The van der Waals surface area contributed by atoms with Gasteiger partial charge in [0.1, 0.15) is 6.61 Å². The molecule has 0 saturated carbocycles. The van der Waals surface area contributed by atoms with Crippen LogP contribution in [-0.4, -0.2) is 68.8 Å². The standard InChI is InChI=1S/C24H29N5O4S2/c30-22(33-16-21-14-26-18-35-21)27-8-11-28-9-6-24(7-10-28,12-19-4-2-1-3-5-19)29(23(31)32)15-20-13-25-17-34-20/h1-5,13-14,17-18H,6-12,15-16H2,(H,27,30)(H,31,32). The number of hydrogen-bond donors (Lipinski definition) is 2. The van der Waals surface area contributed by atoms with Crippen LogP contribution in [0.2, 0.25) is 0 Å². The summed E-state index contributed by atoms with van der Waals surface area (Å²) < 4.78 is 5.21. The summed E-state index contributed by atoms with van der Waals surface area (Å²) in [5, 5.41) is 13.0. The number of alkyl carbamates (subject to hydrolysis) is 1. The second-order valence-corrected chi connectivity index (χ2v) is 10.5. The topological polar surface area (TPSA) is 108 Å². The second kappa shape index (κ2) is 12.1. The minimum absolute atomic E-state index is 0.215. The SMILES string of the molecule is O=C(NCCN1CCC(Cc2ccccc2)(N(Cc2cncs2)C(=O)O)CC1)OCc1cncs1. The molecule has 2 aromatic heterocycles. The molecule has 186 valence electrons. The number of nitrogens with zero attached hydrogens (tertiary/aromatic N) is 4. The van der Waals surface area contributed by atoms with Crippen molar-refractivity contribution in [3.8, 4) is 0 Å². The Bertz CT molecular complexity index is 1060. The first-order valence-corrected chi connectivity index (χ1v) is 13.2. The maximum Gasteiger partial charge on any atom is 0.408 e. The molecule has 1 fully saturated rings. The van der Waals surface area contributed by atoms with Crippen molar-refractivity contribution in [1.29, 1.82) is 0 Å². The van der Waals surface area contributed by atoms with Crippen LogP contribution in [0.15, 0.2) is 53.7 Å². The quantitative estimate of drug-likeness (QED) is 0.419. The summed E-state index contributed by atoms with van der Waals surface area (Å²) in [6, 6.07) is 10.1. The maximum atomic E-state index is 12.4. The van der Waals surface area contributed by atoms with Gasteiger partial charge in [-0.05, 0) is 24.8 Å². The molecule has 11 heteroatoms. The van der Waals surface area contributed by atoms with E-state index in [1.165, 1.54) is 22.7 Å². The fourth-order valence-electron chi connectivity index (χ4n) is 4.44. The number of rotatable bonds is 10. The normalized spacial score (nSPS) is 15.4. The Morgan fingerprint density at radius 1 is 1.09 bits per heavy atom. The number of carbonyl (C=O) groups is 2. The lowest BCUT2D eigenvalue weighted by Gasteiger charge is -2.48. The smallest absolute Gasteiger partial charge is 0.408 e. The van der Waals surface area contributed by atoms with Crippen molar-refractivity contribution < 1.29 is 19.4 Å². The number of ether oxygens (including phenoxy) is 1. The first kappa shape index (κ1) is 25.1. The zero-order chi connectivity index (χ0) is 24.5. The third-order valence-electron chi connectivity index (χ3n) is 6.29. The summed E-state index contributed by atoms with van der Waals surface area (Å²) in [6.07, 6.45) is 4.15. The van der Waals surface area contributed by atoms with Crippen molar-refractivity contribution in [2.75, 3.05) is 26.2 Å². The molecule has 0 radical (unpaired) electrons. The molecule has 4 rings (SSSR count). The number of carboxylic acid groups (broad SMARTS) is 1. The van der Waals surface area contributed by atoms with Gasteiger partial charge in [-0.15, -0.1) is 22.7 Å². The van der Waals surface area contributed by atoms with Gasteiger partial charge >= 0.3 is 12.2 Å². The average molecular weight is 516 g/mol. The monoisotopic (exact) mass is 515 g/mol. The Morgan fingerprint density at radius 2 is 1.77 bits per heavy atom. The van der Waals surface area contributed by atoms with E-state index in [0.717, 1.165) is 28.4 Å². The number of amides is 2. The fraction of sp³-hybridized carbons (Fsp3) is 0.417. The number of benzene rings is 1. The van der Waals surface area contributed by atoms with Gasteiger partial charge in [0, 0.05) is 43.4 Å². The molecule has 0 bridgehead atoms. The largest absolute Gasteiger partial charge is 0.465 e. The van der Waals surface area contributed by atoms with Crippen molar-refractivity contribution in [3.05, 3.63) is 69.1 Å². The lowest BCUT2D eigenvalue weighted by Crippen LogP contribution is -2.58. The number of likely N-dealkylation sites (tertiary alicyclic amines) is 1. The molecule has 9 nitrogen and oxygen atoms in total. The van der Waals surface area contributed by atoms with Gasteiger partial charge < -0.3 is 20.1 Å². The first-order valence-electron chi connectivity index (χ1n) is 11.5. The highest BCUT2D eigenvalue weighted by Gasteiger charge is 2.42. The van der Waals surface area contributed by atoms with E-state index in [0.29, 0.717) is 38.9 Å². The number of thiazole rings is 2. The van der Waals surface area contributed by atoms with Crippen LogP contribution in [0.25, 0.3) is 0 Å². The van der Waals surface area contributed by atoms with Gasteiger partial charge in [-0.3, -0.25) is 14.9 Å². The van der Waals surface area contributed by atoms with Crippen molar-refractivity contribution in [1.82, 2.24) is 25.1 Å². The molecule has 1 aromatic carbocycles. The van der Waals surface area contributed by atoms with Gasteiger partial charge in [-0.25, -0.2) is 9.59 Å². The number of carbonyl (C=O) groups excluding carboxylic acids is 1. The predicted molar refractivity (Wildman–Crippen MR) is 135 cm³/mol. The first-order chi connectivity index (χ1) is 17.0. The number of piperidine rings is 1. The van der Waals surface area contributed by atoms with Gasteiger partial charge in [0.05, 0.1) is 28.0 Å². The molecule has 35 heavy (non-hydrogen) atoms. The van der Waals surface area contributed by atoms with E-state index in [-0.39, 0.29) is 6.61 Å². The zero-order valence-electron chi connectivity index (χ0n) is 19.3. The van der Waals surface area contributed by atoms with E-state index in [4.69, 9.17) is 4.74 Å². The van der Waals surface area contributed by atoms with Gasteiger partial charge in [-0.1, -0.05) is 30.3 Å². The van der Waals surface area contributed by atoms with Gasteiger partial charge in [-0.2, -0.15) is 0 Å². The lowest BCUT2D eigenvalue weighted by molar-refractivity contribution is 0.0216. The van der Waals surface area contributed by atoms with Crippen LogP contribution in [0, 0.1) is 0 Å². The summed E-state index contributed by atoms with van der Waals surface area (Å²) in [7, 11) is 0. The molecule has 3 aromatic rings. The molecule has 1 saturated heterocycles. The van der Waals surface area contributed by atoms with E-state index in [9.17, 15) is 14.7 Å². The van der Waals surface area contributed by atoms with Crippen LogP contribution in [0.3, 0.4) is 0 Å². The van der Waals surface area contributed by atoms with Crippen LogP contribution in [-0.2, 0) is 24.3 Å². The van der Waals surface area contributed by atoms with Crippen LogP contribution in [0.1, 0.15) is 28.2 Å². The minimum atomic E-state index is -0.909. The molecule has 0 atom stereocenters. The second-order valence-electron chi connectivity index (χ2n) is 8.54. The van der Waals surface area contributed by atoms with E-state index < -0.39 is 17.7 Å². The molecule has 0 aliphatic carbocycles. The molecule has 3 heterocycles. The zero-order valence-corrected chi connectivity index (χ0v) is 21.0. The molecular weight excluding hydrogens is 486 g/mol. The van der Waals surface area contributed by atoms with E-state index >= 15 is 0 Å². The third kappa shape index (κ3) is 7.00. The van der Waals surface area contributed by atoms with Crippen molar-refractivity contribution in [2.45, 2.75) is 38.0 Å². The molecule has 0 unspecified atom stereocenters. The van der Waals surface area contributed by atoms with Gasteiger partial charge in [0.15, 0.2) is 0 Å². The highest BCUT2D eigenvalue weighted by atomic mass is 32.1. The van der Waals surface area contributed by atoms with E-state index in [1.807, 2.05) is 18.2 Å². The van der Waals surface area contributed by atoms with E-state index in [1.54, 1.807) is 28.3 Å². The molecular formula is C24H29N5O4S2. The summed E-state index contributed by atoms with van der Waals surface area (Å²) in [5.74, 6) is 0. The van der Waals surface area contributed by atoms with Gasteiger partial charge in [0.25, 0.3) is 0 Å². The van der Waals surface area contributed by atoms with Crippen molar-refractivity contribution in [2.24, 2.45) is 0 Å². The van der Waals surface area contributed by atoms with E-state index in [2.05, 4.69) is 32.3 Å². The molecule has 1 aliphatic rings. The highest BCUT2D eigenvalue weighted by molar-refractivity contribution is 7.09. The summed E-state index contributed by atoms with van der Waals surface area (Å²) >= 11 is 2.92. The Morgan fingerprint density at radius 3 is 2.40 bits per heavy atom. The maximum absolute atomic E-state index is 12.4. The fourth-order valence-corrected chi connectivity index (χ4v) is 5.53. The number of hydrogen-bond acceptors (Lipinski definition) is 8. The highest BCUT2D eigenvalue weighted by Crippen LogP contribution is 2.34. The minimum Gasteiger partial charge on any atom is -0.465 e. The van der Waals surface area contributed by atoms with Crippen LogP contribution in [0.5, 0.6) is 0 Å². The number of nitrogens with one attached hydrogen (secondary N) is 1. The van der Waals surface area contributed by atoms with Crippen LogP contribution >= 0.6 is 22.7 Å². The Hall–Kier alpha value is -3.02. The molecule has 2 amide bonds.